The molecule has 22 heavy (non-hydrogen) atoms. The summed E-state index contributed by atoms with van der Waals surface area (Å²) >= 11 is 11.8. The minimum atomic E-state index is -0.0461. The van der Waals surface area contributed by atoms with Gasteiger partial charge in [-0.25, -0.2) is 0 Å². The number of rotatable bonds is 2. The Balaban J connectivity index is 1.90. The molecule has 0 fully saturated rings. The highest BCUT2D eigenvalue weighted by Gasteiger charge is 2.23. The number of benzene rings is 2. The Morgan fingerprint density at radius 2 is 2.00 bits per heavy atom. The van der Waals surface area contributed by atoms with Crippen molar-refractivity contribution in [2.45, 2.75) is 19.3 Å². The second-order valence-corrected chi connectivity index (χ2v) is 6.15. The normalized spacial score (nSPS) is 19.0. The first-order valence-electron chi connectivity index (χ1n) is 6.93. The van der Waals surface area contributed by atoms with Crippen molar-refractivity contribution in [2.75, 3.05) is 0 Å². The van der Waals surface area contributed by atoms with Crippen molar-refractivity contribution in [1.29, 1.82) is 0 Å². The molecule has 1 atom stereocenters. The maximum Gasteiger partial charge on any atom is 0.143 e. The van der Waals surface area contributed by atoms with Crippen molar-refractivity contribution in [3.05, 3.63) is 63.1 Å². The van der Waals surface area contributed by atoms with Gasteiger partial charge in [-0.3, -0.25) is 0 Å². The zero-order chi connectivity index (χ0) is 15.7. The summed E-state index contributed by atoms with van der Waals surface area (Å²) in [6, 6.07) is 11.3. The molecule has 1 N–H and O–H groups in total. The zero-order valence-corrected chi connectivity index (χ0v) is 13.4. The largest absolute Gasteiger partial charge is 0.506 e. The number of hydrogen-bond acceptors (Lipinski definition) is 3. The quantitative estimate of drug-likeness (QED) is 0.608. The van der Waals surface area contributed by atoms with E-state index in [1.54, 1.807) is 6.07 Å². The number of phenols is 1. The predicted octanol–water partition coefficient (Wildman–Crippen LogP) is 5.03. The fourth-order valence-electron chi connectivity index (χ4n) is 2.64. The van der Waals surface area contributed by atoms with Crippen LogP contribution in [0.15, 0.2) is 46.6 Å². The molecule has 0 spiro atoms. The van der Waals surface area contributed by atoms with Gasteiger partial charge in [0.2, 0.25) is 0 Å². The van der Waals surface area contributed by atoms with Crippen molar-refractivity contribution in [1.82, 2.24) is 0 Å². The van der Waals surface area contributed by atoms with Gasteiger partial charge in [0.1, 0.15) is 5.75 Å². The molecule has 2 aromatic rings. The van der Waals surface area contributed by atoms with Crippen LogP contribution in [0.3, 0.4) is 0 Å². The maximum atomic E-state index is 9.88. The van der Waals surface area contributed by atoms with E-state index in [9.17, 15) is 5.11 Å². The molecular formula is C17H14Cl2N2O. The van der Waals surface area contributed by atoms with E-state index in [4.69, 9.17) is 23.2 Å². The van der Waals surface area contributed by atoms with Crippen LogP contribution in [0.1, 0.15) is 36.0 Å². The van der Waals surface area contributed by atoms with E-state index in [1.165, 1.54) is 17.8 Å². The summed E-state index contributed by atoms with van der Waals surface area (Å²) in [6.45, 7) is 2.17. The molecule has 0 saturated heterocycles. The third-order valence-electron chi connectivity index (χ3n) is 3.74. The molecular weight excluding hydrogens is 319 g/mol. The van der Waals surface area contributed by atoms with Crippen molar-refractivity contribution in [2.24, 2.45) is 10.2 Å². The van der Waals surface area contributed by atoms with Gasteiger partial charge in [0.15, 0.2) is 0 Å². The summed E-state index contributed by atoms with van der Waals surface area (Å²) in [5.74, 6) is 0.398. The lowest BCUT2D eigenvalue weighted by molar-refractivity contribution is 0.474. The van der Waals surface area contributed by atoms with E-state index in [0.717, 1.165) is 17.7 Å². The molecule has 0 aromatic heterocycles. The van der Waals surface area contributed by atoms with Gasteiger partial charge in [-0.2, -0.15) is 10.2 Å². The number of hydrogen-bond donors (Lipinski definition) is 1. The molecule has 112 valence electrons. The standard InChI is InChI=1S/C17H14Cl2N2O/c1-10-6-16(14-5-3-2-4-13(10)14)21-20-9-11-7-12(18)8-15(19)17(11)22/h2-5,7-10,22H,6H2,1H3/b20-9-,21-16-/t10-/m0/s1. The first-order chi connectivity index (χ1) is 10.6. The Bertz CT molecular complexity index is 784. The molecule has 1 aliphatic rings. The summed E-state index contributed by atoms with van der Waals surface area (Å²) < 4.78 is 0. The predicted molar refractivity (Wildman–Crippen MR) is 91.7 cm³/mol. The van der Waals surface area contributed by atoms with E-state index in [0.29, 0.717) is 16.5 Å². The van der Waals surface area contributed by atoms with Crippen LogP contribution in [0.25, 0.3) is 0 Å². The SMILES string of the molecule is C[C@H]1C/C(=N/N=C\c2cc(Cl)cc(Cl)c2O)c2ccccc21. The highest BCUT2D eigenvalue weighted by atomic mass is 35.5. The zero-order valence-electron chi connectivity index (χ0n) is 11.9. The first kappa shape index (κ1) is 15.1. The number of nitrogens with zero attached hydrogens (tertiary/aromatic N) is 2. The van der Waals surface area contributed by atoms with Crippen LogP contribution in [0.5, 0.6) is 5.75 Å². The van der Waals surface area contributed by atoms with Gasteiger partial charge in [0.25, 0.3) is 0 Å². The minimum Gasteiger partial charge on any atom is -0.506 e. The van der Waals surface area contributed by atoms with Gasteiger partial charge in [-0.1, -0.05) is 54.4 Å². The summed E-state index contributed by atoms with van der Waals surface area (Å²) in [4.78, 5) is 0. The summed E-state index contributed by atoms with van der Waals surface area (Å²) in [7, 11) is 0. The second kappa shape index (κ2) is 6.11. The summed E-state index contributed by atoms with van der Waals surface area (Å²) in [5.41, 5.74) is 3.83. The Morgan fingerprint density at radius 1 is 1.23 bits per heavy atom. The topological polar surface area (TPSA) is 45.0 Å². The van der Waals surface area contributed by atoms with Gasteiger partial charge in [0, 0.05) is 16.1 Å². The fraction of sp³-hybridized carbons (Fsp3) is 0.176. The van der Waals surface area contributed by atoms with E-state index in [1.807, 2.05) is 12.1 Å². The van der Waals surface area contributed by atoms with Crippen molar-refractivity contribution >= 4 is 35.1 Å². The van der Waals surface area contributed by atoms with Crippen molar-refractivity contribution in [3.63, 3.8) is 0 Å². The molecule has 0 heterocycles. The Hall–Kier alpha value is -1.84. The first-order valence-corrected chi connectivity index (χ1v) is 7.69. The molecule has 0 radical (unpaired) electrons. The summed E-state index contributed by atoms with van der Waals surface area (Å²) in [5, 5.41) is 18.9. The lowest BCUT2D eigenvalue weighted by atomic mass is 10.0. The molecule has 0 amide bonds. The van der Waals surface area contributed by atoms with Gasteiger partial charge >= 0.3 is 0 Å². The van der Waals surface area contributed by atoms with Crippen LogP contribution in [0, 0.1) is 0 Å². The van der Waals surface area contributed by atoms with E-state index in [-0.39, 0.29) is 10.8 Å². The second-order valence-electron chi connectivity index (χ2n) is 5.31. The van der Waals surface area contributed by atoms with Crippen LogP contribution in [-0.2, 0) is 0 Å². The van der Waals surface area contributed by atoms with Crippen LogP contribution >= 0.6 is 23.2 Å². The van der Waals surface area contributed by atoms with Gasteiger partial charge < -0.3 is 5.11 Å². The summed E-state index contributed by atoms with van der Waals surface area (Å²) in [6.07, 6.45) is 2.32. The van der Waals surface area contributed by atoms with Gasteiger partial charge in [0.05, 0.1) is 16.9 Å². The highest BCUT2D eigenvalue weighted by Crippen LogP contribution is 2.33. The number of phenolic OH excluding ortho intramolecular Hbond substituents is 1. The lowest BCUT2D eigenvalue weighted by Gasteiger charge is -2.01. The number of aromatic hydroxyl groups is 1. The molecule has 1 aliphatic carbocycles. The Labute approximate surface area is 138 Å². The molecule has 0 bridgehead atoms. The van der Waals surface area contributed by atoms with Crippen molar-refractivity contribution < 1.29 is 5.11 Å². The third kappa shape index (κ3) is 2.87. The van der Waals surface area contributed by atoms with Crippen molar-refractivity contribution in [3.8, 4) is 5.75 Å². The highest BCUT2D eigenvalue weighted by molar-refractivity contribution is 6.36. The lowest BCUT2D eigenvalue weighted by Crippen LogP contribution is -1.93. The number of fused-ring (bicyclic) bond motifs is 1. The van der Waals surface area contributed by atoms with E-state index in [2.05, 4.69) is 29.3 Å². The average molecular weight is 333 g/mol. The van der Waals surface area contributed by atoms with Crippen LogP contribution < -0.4 is 0 Å². The third-order valence-corrected chi connectivity index (χ3v) is 4.24. The van der Waals surface area contributed by atoms with Crippen LogP contribution in [0.2, 0.25) is 10.0 Å². The molecule has 2 aromatic carbocycles. The molecule has 5 heteroatoms. The molecule has 0 unspecified atom stereocenters. The minimum absolute atomic E-state index is 0.0461. The molecule has 0 saturated carbocycles. The van der Waals surface area contributed by atoms with E-state index >= 15 is 0 Å². The fourth-order valence-corrected chi connectivity index (χ4v) is 3.15. The Morgan fingerprint density at radius 3 is 2.82 bits per heavy atom. The smallest absolute Gasteiger partial charge is 0.143 e. The van der Waals surface area contributed by atoms with Crippen LogP contribution in [0.4, 0.5) is 0 Å². The molecule has 3 nitrogen and oxygen atoms in total. The monoisotopic (exact) mass is 332 g/mol. The molecule has 0 aliphatic heterocycles. The average Bonchev–Trinajstić information content (AvgIpc) is 2.81. The number of halogens is 2. The van der Waals surface area contributed by atoms with Crippen LogP contribution in [-0.4, -0.2) is 17.0 Å². The van der Waals surface area contributed by atoms with Gasteiger partial charge in [-0.15, -0.1) is 0 Å². The maximum absolute atomic E-state index is 9.88. The Kier molecular flexibility index (Phi) is 4.19. The molecule has 3 rings (SSSR count). The van der Waals surface area contributed by atoms with Gasteiger partial charge in [-0.05, 0) is 30.0 Å². The van der Waals surface area contributed by atoms with E-state index < -0.39 is 0 Å².